The van der Waals surface area contributed by atoms with Crippen LogP contribution in [0.5, 0.6) is 0 Å². The second-order valence-electron chi connectivity index (χ2n) is 4.68. The smallest absolute Gasteiger partial charge is 0.337 e. The Morgan fingerprint density at radius 2 is 1.71 bits per heavy atom. The van der Waals surface area contributed by atoms with E-state index in [-0.39, 0.29) is 12.5 Å². The Labute approximate surface area is 153 Å². The Bertz CT molecular complexity index is 761. The molecule has 0 atom stereocenters. The lowest BCUT2D eigenvalue weighted by molar-refractivity contribution is -0.114. The molecule has 0 aliphatic heterocycles. The van der Waals surface area contributed by atoms with Crippen LogP contribution in [0.2, 0.25) is 15.1 Å². The predicted molar refractivity (Wildman–Crippen MR) is 96.4 cm³/mol. The summed E-state index contributed by atoms with van der Waals surface area (Å²) < 4.78 is 4.64. The highest BCUT2D eigenvalue weighted by Crippen LogP contribution is 2.29. The number of hydrogen-bond acceptors (Lipinski definition) is 4. The molecule has 2 aromatic rings. The van der Waals surface area contributed by atoms with Crippen LogP contribution in [0.15, 0.2) is 36.4 Å². The fourth-order valence-electron chi connectivity index (χ4n) is 1.88. The average Bonchev–Trinajstić information content (AvgIpc) is 2.57. The molecule has 2 aromatic carbocycles. The summed E-state index contributed by atoms with van der Waals surface area (Å²) in [4.78, 5) is 23.6. The van der Waals surface area contributed by atoms with Gasteiger partial charge in [0.05, 0.1) is 45.7 Å². The van der Waals surface area contributed by atoms with Crippen LogP contribution in [0.3, 0.4) is 0 Å². The zero-order valence-corrected chi connectivity index (χ0v) is 14.8. The van der Waals surface area contributed by atoms with E-state index in [4.69, 9.17) is 34.8 Å². The van der Waals surface area contributed by atoms with Gasteiger partial charge < -0.3 is 15.4 Å². The number of nitrogens with one attached hydrogen (secondary N) is 2. The van der Waals surface area contributed by atoms with Crippen molar-refractivity contribution in [2.45, 2.75) is 0 Å². The number of benzene rings is 2. The second-order valence-corrected chi connectivity index (χ2v) is 5.91. The maximum atomic E-state index is 12.1. The molecule has 2 N–H and O–H groups in total. The minimum atomic E-state index is -0.498. The van der Waals surface area contributed by atoms with E-state index in [1.165, 1.54) is 19.2 Å². The standard InChI is InChI=1S/C16H13Cl3N2O3/c1-24-16(23)9-5-6-10(17)13(7-9)20-8-14(22)21-15-11(18)3-2-4-12(15)19/h2-7,20H,8H2,1H3,(H,21,22). The molecular weight excluding hydrogens is 375 g/mol. The van der Waals surface area contributed by atoms with Crippen molar-refractivity contribution in [3.8, 4) is 0 Å². The van der Waals surface area contributed by atoms with Crippen LogP contribution in [0.25, 0.3) is 0 Å². The van der Waals surface area contributed by atoms with Gasteiger partial charge in [0.15, 0.2) is 0 Å². The minimum absolute atomic E-state index is 0.0914. The molecule has 0 unspecified atom stereocenters. The highest BCUT2D eigenvalue weighted by atomic mass is 35.5. The van der Waals surface area contributed by atoms with Crippen molar-refractivity contribution in [2.75, 3.05) is 24.3 Å². The van der Waals surface area contributed by atoms with Crippen LogP contribution in [-0.2, 0) is 9.53 Å². The average molecular weight is 388 g/mol. The van der Waals surface area contributed by atoms with E-state index >= 15 is 0 Å². The monoisotopic (exact) mass is 386 g/mol. The van der Waals surface area contributed by atoms with Crippen LogP contribution in [0.4, 0.5) is 11.4 Å². The van der Waals surface area contributed by atoms with E-state index in [2.05, 4.69) is 15.4 Å². The number of amides is 1. The van der Waals surface area contributed by atoms with Crippen molar-refractivity contribution in [2.24, 2.45) is 0 Å². The first-order chi connectivity index (χ1) is 11.4. The SMILES string of the molecule is COC(=O)c1ccc(Cl)c(NCC(=O)Nc2c(Cl)cccc2Cl)c1. The van der Waals surface area contributed by atoms with E-state index in [1.54, 1.807) is 24.3 Å². The van der Waals surface area contributed by atoms with Crippen LogP contribution >= 0.6 is 34.8 Å². The highest BCUT2D eigenvalue weighted by molar-refractivity contribution is 6.39. The van der Waals surface area contributed by atoms with Crippen molar-refractivity contribution >= 4 is 58.1 Å². The molecule has 0 aliphatic rings. The molecule has 0 heterocycles. The Kier molecular flexibility index (Phi) is 6.31. The zero-order valence-electron chi connectivity index (χ0n) is 12.5. The number of esters is 1. The molecule has 0 aliphatic carbocycles. The summed E-state index contributed by atoms with van der Waals surface area (Å²) >= 11 is 18.0. The molecule has 0 fully saturated rings. The number of ether oxygens (including phenoxy) is 1. The number of methoxy groups -OCH3 is 1. The van der Waals surface area contributed by atoms with E-state index in [0.717, 1.165) is 0 Å². The van der Waals surface area contributed by atoms with E-state index < -0.39 is 5.97 Å². The molecule has 1 amide bonds. The van der Waals surface area contributed by atoms with Gasteiger partial charge in [0.25, 0.3) is 0 Å². The molecule has 2 rings (SSSR count). The fraction of sp³-hybridized carbons (Fsp3) is 0.125. The number of anilines is 2. The van der Waals surface area contributed by atoms with Gasteiger partial charge in [0.2, 0.25) is 5.91 Å². The maximum absolute atomic E-state index is 12.1. The molecule has 5 nitrogen and oxygen atoms in total. The molecule has 0 spiro atoms. The number of para-hydroxylation sites is 1. The van der Waals surface area contributed by atoms with Gasteiger partial charge in [-0.2, -0.15) is 0 Å². The van der Waals surface area contributed by atoms with Gasteiger partial charge in [0, 0.05) is 0 Å². The summed E-state index contributed by atoms with van der Waals surface area (Å²) in [6.45, 7) is -0.0914. The van der Waals surface area contributed by atoms with Gasteiger partial charge in [-0.05, 0) is 30.3 Å². The number of hydrogen-bond donors (Lipinski definition) is 2. The lowest BCUT2D eigenvalue weighted by Crippen LogP contribution is -2.22. The molecule has 0 bridgehead atoms. The van der Waals surface area contributed by atoms with Gasteiger partial charge in [-0.3, -0.25) is 4.79 Å². The lowest BCUT2D eigenvalue weighted by atomic mass is 10.2. The van der Waals surface area contributed by atoms with Gasteiger partial charge >= 0.3 is 5.97 Å². The molecule has 0 aromatic heterocycles. The summed E-state index contributed by atoms with van der Waals surface area (Å²) in [6, 6.07) is 9.49. The Morgan fingerprint density at radius 3 is 2.33 bits per heavy atom. The Morgan fingerprint density at radius 1 is 1.04 bits per heavy atom. The normalized spacial score (nSPS) is 10.2. The molecule has 0 saturated heterocycles. The van der Waals surface area contributed by atoms with Gasteiger partial charge in [-0.15, -0.1) is 0 Å². The molecule has 24 heavy (non-hydrogen) atoms. The molecular formula is C16H13Cl3N2O3. The largest absolute Gasteiger partial charge is 0.465 e. The van der Waals surface area contributed by atoms with E-state index in [9.17, 15) is 9.59 Å². The van der Waals surface area contributed by atoms with Gasteiger partial charge in [0.1, 0.15) is 0 Å². The first kappa shape index (κ1) is 18.4. The van der Waals surface area contributed by atoms with Crippen LogP contribution in [0.1, 0.15) is 10.4 Å². The summed E-state index contributed by atoms with van der Waals surface area (Å²) in [6.07, 6.45) is 0. The number of halogens is 3. The summed E-state index contributed by atoms with van der Waals surface area (Å²) in [5.41, 5.74) is 1.08. The third-order valence-electron chi connectivity index (χ3n) is 3.05. The predicted octanol–water partition coefficient (Wildman–Crippen LogP) is 4.48. The first-order valence-corrected chi connectivity index (χ1v) is 7.91. The molecule has 0 radical (unpaired) electrons. The minimum Gasteiger partial charge on any atom is -0.465 e. The van der Waals surface area contributed by atoms with E-state index in [1.807, 2.05) is 0 Å². The summed E-state index contributed by atoms with van der Waals surface area (Å²) in [5.74, 6) is -0.869. The molecule has 0 saturated carbocycles. The quantitative estimate of drug-likeness (QED) is 0.742. The fourth-order valence-corrected chi connectivity index (χ4v) is 2.56. The van der Waals surface area contributed by atoms with Crippen molar-refractivity contribution in [1.29, 1.82) is 0 Å². The van der Waals surface area contributed by atoms with Crippen molar-refractivity contribution in [1.82, 2.24) is 0 Å². The molecule has 126 valence electrons. The van der Waals surface area contributed by atoms with E-state index in [0.29, 0.717) is 32.0 Å². The van der Waals surface area contributed by atoms with Crippen molar-refractivity contribution < 1.29 is 14.3 Å². The lowest BCUT2D eigenvalue weighted by Gasteiger charge is -2.12. The number of rotatable bonds is 5. The summed E-state index contributed by atoms with van der Waals surface area (Å²) in [5, 5.41) is 6.51. The second kappa shape index (κ2) is 8.24. The van der Waals surface area contributed by atoms with Crippen molar-refractivity contribution in [3.05, 3.63) is 57.0 Å². The van der Waals surface area contributed by atoms with Gasteiger partial charge in [-0.1, -0.05) is 40.9 Å². The van der Waals surface area contributed by atoms with Crippen molar-refractivity contribution in [3.63, 3.8) is 0 Å². The molecule has 8 heteroatoms. The maximum Gasteiger partial charge on any atom is 0.337 e. The van der Waals surface area contributed by atoms with Gasteiger partial charge in [-0.25, -0.2) is 4.79 Å². The summed E-state index contributed by atoms with van der Waals surface area (Å²) in [7, 11) is 1.28. The van der Waals surface area contributed by atoms with Crippen LogP contribution in [-0.4, -0.2) is 25.5 Å². The zero-order chi connectivity index (χ0) is 17.7. The third-order valence-corrected chi connectivity index (χ3v) is 4.01. The number of carbonyl (C=O) groups is 2. The Balaban J connectivity index is 2.05. The van der Waals surface area contributed by atoms with Crippen LogP contribution < -0.4 is 10.6 Å². The highest BCUT2D eigenvalue weighted by Gasteiger charge is 2.12. The Hall–Kier alpha value is -1.95. The van der Waals surface area contributed by atoms with Crippen LogP contribution in [0, 0.1) is 0 Å². The number of carbonyl (C=O) groups excluding carboxylic acids is 2. The third kappa shape index (κ3) is 4.54. The topological polar surface area (TPSA) is 67.4 Å². The first-order valence-electron chi connectivity index (χ1n) is 6.78.